The summed E-state index contributed by atoms with van der Waals surface area (Å²) in [7, 11) is 0. The number of benzene rings is 3. The van der Waals surface area contributed by atoms with Gasteiger partial charge in [0.25, 0.3) is 5.91 Å². The van der Waals surface area contributed by atoms with Gasteiger partial charge in [-0.2, -0.15) is 0 Å². The predicted octanol–water partition coefficient (Wildman–Crippen LogP) is 6.24. The summed E-state index contributed by atoms with van der Waals surface area (Å²) in [6.45, 7) is 7.95. The average Bonchev–Trinajstić information content (AvgIpc) is 2.81. The van der Waals surface area contributed by atoms with Crippen molar-refractivity contribution in [1.82, 2.24) is 4.57 Å². The summed E-state index contributed by atoms with van der Waals surface area (Å²) in [6, 6.07) is 25.1. The van der Waals surface area contributed by atoms with Gasteiger partial charge in [-0.05, 0) is 55.5 Å². The van der Waals surface area contributed by atoms with Crippen molar-refractivity contribution < 1.29 is 4.79 Å². The van der Waals surface area contributed by atoms with E-state index in [4.69, 9.17) is 0 Å². The highest BCUT2D eigenvalue weighted by Gasteiger charge is 2.24. The second-order valence-corrected chi connectivity index (χ2v) is 8.28. The Morgan fingerprint density at radius 1 is 0.848 bits per heavy atom. The number of carbonyl (C=O) groups excluding carboxylic acids is 1. The van der Waals surface area contributed by atoms with Crippen molar-refractivity contribution in [3.63, 3.8) is 0 Å². The summed E-state index contributed by atoms with van der Waals surface area (Å²) in [4.78, 5) is 27.0. The number of hydrogen-bond acceptors (Lipinski definition) is 2. The van der Waals surface area contributed by atoms with Gasteiger partial charge in [0.2, 0.25) is 0 Å². The molecule has 1 amide bonds. The Morgan fingerprint density at radius 3 is 2.21 bits per heavy atom. The molecule has 4 rings (SSSR count). The summed E-state index contributed by atoms with van der Waals surface area (Å²) >= 11 is 0. The molecule has 0 atom stereocenters. The van der Waals surface area contributed by atoms with Crippen LogP contribution in [0.25, 0.3) is 16.9 Å². The lowest BCUT2D eigenvalue weighted by Crippen LogP contribution is -2.27. The van der Waals surface area contributed by atoms with E-state index in [9.17, 15) is 9.59 Å². The van der Waals surface area contributed by atoms with Gasteiger partial charge in [0, 0.05) is 23.1 Å². The minimum absolute atomic E-state index is 0.139. The fourth-order valence-electron chi connectivity index (χ4n) is 4.32. The molecule has 0 fully saturated rings. The third-order valence-electron chi connectivity index (χ3n) is 6.01. The SMILES string of the molecule is CCc1cccc(C)c1NC(=O)c1c(-c2ccccc2)n(-c2ccccc2C)c(C)cc1=O. The van der Waals surface area contributed by atoms with E-state index >= 15 is 0 Å². The number of aromatic nitrogens is 1. The van der Waals surface area contributed by atoms with E-state index in [1.165, 1.54) is 0 Å². The van der Waals surface area contributed by atoms with Crippen molar-refractivity contribution in [3.05, 3.63) is 117 Å². The Labute approximate surface area is 194 Å². The molecule has 3 aromatic carbocycles. The van der Waals surface area contributed by atoms with Crippen molar-refractivity contribution in [2.75, 3.05) is 5.32 Å². The van der Waals surface area contributed by atoms with Crippen molar-refractivity contribution in [3.8, 4) is 16.9 Å². The number of nitrogens with one attached hydrogen (secondary N) is 1. The number of rotatable bonds is 5. The third kappa shape index (κ3) is 4.24. The highest BCUT2D eigenvalue weighted by atomic mass is 16.2. The zero-order chi connectivity index (χ0) is 23.5. The van der Waals surface area contributed by atoms with Gasteiger partial charge in [-0.3, -0.25) is 9.59 Å². The zero-order valence-electron chi connectivity index (χ0n) is 19.5. The van der Waals surface area contributed by atoms with Gasteiger partial charge in [0.15, 0.2) is 5.43 Å². The average molecular weight is 437 g/mol. The number of anilines is 1. The standard InChI is InChI=1S/C29H28N2O2/c1-5-22-16-11-13-20(3)27(22)30-29(33)26-25(32)18-21(4)31(24-17-10-9-12-19(24)2)28(26)23-14-7-6-8-15-23/h6-18H,5H2,1-4H3,(H,30,33). The maximum Gasteiger partial charge on any atom is 0.261 e. The fraction of sp³-hybridized carbons (Fsp3) is 0.172. The first-order valence-corrected chi connectivity index (χ1v) is 11.2. The number of hydrogen-bond donors (Lipinski definition) is 1. The van der Waals surface area contributed by atoms with Crippen molar-refractivity contribution in [2.24, 2.45) is 0 Å². The van der Waals surface area contributed by atoms with Crippen molar-refractivity contribution in [2.45, 2.75) is 34.1 Å². The Bertz CT molecular complexity index is 1380. The van der Waals surface area contributed by atoms with Gasteiger partial charge >= 0.3 is 0 Å². The van der Waals surface area contributed by atoms with E-state index < -0.39 is 5.91 Å². The lowest BCUT2D eigenvalue weighted by Gasteiger charge is -2.22. The van der Waals surface area contributed by atoms with Crippen LogP contribution in [0.1, 0.15) is 39.7 Å². The summed E-state index contributed by atoms with van der Waals surface area (Å²) < 4.78 is 2.01. The van der Waals surface area contributed by atoms with Crippen molar-refractivity contribution >= 4 is 11.6 Å². The van der Waals surface area contributed by atoms with E-state index in [1.807, 2.05) is 98.1 Å². The van der Waals surface area contributed by atoms with Gasteiger partial charge in [0.1, 0.15) is 5.56 Å². The van der Waals surface area contributed by atoms with Crippen LogP contribution in [-0.4, -0.2) is 10.5 Å². The minimum atomic E-state index is -0.398. The van der Waals surface area contributed by atoms with Gasteiger partial charge in [0.05, 0.1) is 5.69 Å². The third-order valence-corrected chi connectivity index (χ3v) is 6.01. The van der Waals surface area contributed by atoms with Crippen LogP contribution in [0.15, 0.2) is 83.7 Å². The number of pyridine rings is 1. The van der Waals surface area contributed by atoms with Crippen LogP contribution < -0.4 is 10.7 Å². The van der Waals surface area contributed by atoms with Crippen LogP contribution in [0.2, 0.25) is 0 Å². The van der Waals surface area contributed by atoms with E-state index in [0.29, 0.717) is 5.69 Å². The van der Waals surface area contributed by atoms with Crippen LogP contribution in [0.3, 0.4) is 0 Å². The molecule has 0 saturated heterocycles. The maximum atomic E-state index is 13.7. The molecular formula is C29H28N2O2. The molecule has 0 aliphatic rings. The molecule has 0 bridgehead atoms. The molecule has 4 aromatic rings. The normalized spacial score (nSPS) is 10.8. The topological polar surface area (TPSA) is 51.1 Å². The molecular weight excluding hydrogens is 408 g/mol. The quantitative estimate of drug-likeness (QED) is 0.402. The molecule has 1 aromatic heterocycles. The minimum Gasteiger partial charge on any atom is -0.321 e. The Morgan fingerprint density at radius 2 is 1.52 bits per heavy atom. The van der Waals surface area contributed by atoms with E-state index in [1.54, 1.807) is 6.07 Å². The van der Waals surface area contributed by atoms with Gasteiger partial charge in [-0.1, -0.05) is 73.7 Å². The highest BCUT2D eigenvalue weighted by molar-refractivity contribution is 6.09. The molecule has 166 valence electrons. The van der Waals surface area contributed by atoms with E-state index in [0.717, 1.165) is 45.7 Å². The molecule has 0 aliphatic carbocycles. The summed E-state index contributed by atoms with van der Waals surface area (Å²) in [5, 5.41) is 3.06. The molecule has 0 aliphatic heterocycles. The zero-order valence-corrected chi connectivity index (χ0v) is 19.5. The van der Waals surface area contributed by atoms with Gasteiger partial charge < -0.3 is 9.88 Å². The van der Waals surface area contributed by atoms with Crippen LogP contribution in [0, 0.1) is 20.8 Å². The van der Waals surface area contributed by atoms with Crippen LogP contribution >= 0.6 is 0 Å². The molecule has 4 heteroatoms. The first-order valence-electron chi connectivity index (χ1n) is 11.2. The Kier molecular flexibility index (Phi) is 6.27. The fourth-order valence-corrected chi connectivity index (χ4v) is 4.32. The molecule has 0 spiro atoms. The van der Waals surface area contributed by atoms with E-state index in [2.05, 4.69) is 12.2 Å². The van der Waals surface area contributed by atoms with E-state index in [-0.39, 0.29) is 11.0 Å². The van der Waals surface area contributed by atoms with Gasteiger partial charge in [-0.25, -0.2) is 0 Å². The number of aryl methyl sites for hydroxylation is 4. The van der Waals surface area contributed by atoms with Gasteiger partial charge in [-0.15, -0.1) is 0 Å². The molecule has 33 heavy (non-hydrogen) atoms. The summed E-state index contributed by atoms with van der Waals surface area (Å²) in [5.74, 6) is -0.398. The first kappa shape index (κ1) is 22.3. The number of nitrogens with zero attached hydrogens (tertiary/aromatic N) is 1. The maximum absolute atomic E-state index is 13.7. The first-order chi connectivity index (χ1) is 15.9. The summed E-state index contributed by atoms with van der Waals surface area (Å²) in [5.41, 5.74) is 6.80. The second-order valence-electron chi connectivity index (χ2n) is 8.28. The summed E-state index contributed by atoms with van der Waals surface area (Å²) in [6.07, 6.45) is 0.782. The predicted molar refractivity (Wildman–Crippen MR) is 135 cm³/mol. The lowest BCUT2D eigenvalue weighted by molar-refractivity contribution is 0.102. The number of para-hydroxylation sites is 2. The number of carbonyl (C=O) groups is 1. The molecule has 0 unspecified atom stereocenters. The molecule has 1 N–H and O–H groups in total. The molecule has 1 heterocycles. The smallest absolute Gasteiger partial charge is 0.261 e. The Hall–Kier alpha value is -3.92. The van der Waals surface area contributed by atoms with Crippen LogP contribution in [0.5, 0.6) is 0 Å². The largest absolute Gasteiger partial charge is 0.321 e. The lowest BCUT2D eigenvalue weighted by atomic mass is 10.0. The molecule has 4 nitrogen and oxygen atoms in total. The highest BCUT2D eigenvalue weighted by Crippen LogP contribution is 2.30. The monoisotopic (exact) mass is 436 g/mol. The Balaban J connectivity index is 2.00. The molecule has 0 saturated carbocycles. The molecule has 0 radical (unpaired) electrons. The van der Waals surface area contributed by atoms with Crippen LogP contribution in [0.4, 0.5) is 5.69 Å². The number of amides is 1. The van der Waals surface area contributed by atoms with Crippen molar-refractivity contribution in [1.29, 1.82) is 0 Å². The second kappa shape index (κ2) is 9.29. The van der Waals surface area contributed by atoms with Crippen LogP contribution in [-0.2, 0) is 6.42 Å².